The lowest BCUT2D eigenvalue weighted by Gasteiger charge is -2.56. The lowest BCUT2D eigenvalue weighted by molar-refractivity contribution is -0.137. The average Bonchev–Trinajstić information content (AvgIpc) is 3.73. The van der Waals surface area contributed by atoms with Crippen molar-refractivity contribution in [3.05, 3.63) is 63.6 Å². The van der Waals surface area contributed by atoms with Crippen LogP contribution in [-0.2, 0) is 26.2 Å². The number of likely N-dealkylation sites (tertiary alicyclic amines) is 1. The summed E-state index contributed by atoms with van der Waals surface area (Å²) in [7, 11) is 3.70. The van der Waals surface area contributed by atoms with E-state index in [0.29, 0.717) is 15.8 Å². The number of benzene rings is 2. The van der Waals surface area contributed by atoms with E-state index in [1.54, 1.807) is 19.2 Å². The molecule has 1 unspecified atom stereocenters. The molecule has 2 aromatic rings. The molecule has 0 aromatic heterocycles. The average molecular weight is 574 g/mol. The molecular weight excluding hydrogens is 535 g/mol. The van der Waals surface area contributed by atoms with Gasteiger partial charge in [-0.15, -0.1) is 0 Å². The molecule has 1 aliphatic heterocycles. The van der Waals surface area contributed by atoms with Crippen LogP contribution >= 0.6 is 23.2 Å². The van der Waals surface area contributed by atoms with E-state index in [0.717, 1.165) is 55.9 Å². The lowest BCUT2D eigenvalue weighted by Crippen LogP contribution is -2.61. The molecule has 0 spiro atoms. The molecule has 0 radical (unpaired) electrons. The maximum absolute atomic E-state index is 13.5. The van der Waals surface area contributed by atoms with E-state index in [2.05, 4.69) is 11.0 Å². The minimum absolute atomic E-state index is 0.00311. The Bertz CT molecular complexity index is 1220. The fraction of sp³-hybridized carbons (Fsp3) is 0.548. The number of likely N-dealkylation sites (N-methyl/N-ethyl adjacent to an activating group) is 1. The standard InChI is InChI=1S/C31H38Cl2N2O4/c1-20(36)39-25-6-4-5-23(15-25)31-11-12-35(18-21-7-8-21)19-26(31)29(38-3)16-24(17-31)34(2)30(37)14-22-9-10-27(32)28(33)13-22/h4-6,9-10,13,15,21,24,26,29H,7-8,11-12,14,16-19H2,1-3H3/t24-,26+,29?,31+/m1/s1. The van der Waals surface area contributed by atoms with Gasteiger partial charge < -0.3 is 19.3 Å². The molecule has 210 valence electrons. The first-order valence-electron chi connectivity index (χ1n) is 13.9. The zero-order valence-corrected chi connectivity index (χ0v) is 24.5. The van der Waals surface area contributed by atoms with Gasteiger partial charge in [0.05, 0.1) is 22.6 Å². The van der Waals surface area contributed by atoms with Crippen molar-refractivity contribution < 1.29 is 19.1 Å². The molecule has 0 bridgehead atoms. The van der Waals surface area contributed by atoms with Crippen LogP contribution in [-0.4, -0.2) is 67.6 Å². The predicted octanol–water partition coefficient (Wildman–Crippen LogP) is 5.77. The Morgan fingerprint density at radius 3 is 2.62 bits per heavy atom. The summed E-state index contributed by atoms with van der Waals surface area (Å²) in [4.78, 5) is 29.7. The molecule has 3 aliphatic rings. The summed E-state index contributed by atoms with van der Waals surface area (Å²) in [6.45, 7) is 4.56. The number of hydrogen-bond acceptors (Lipinski definition) is 5. The zero-order valence-electron chi connectivity index (χ0n) is 23.0. The summed E-state index contributed by atoms with van der Waals surface area (Å²) < 4.78 is 11.7. The molecule has 4 atom stereocenters. The summed E-state index contributed by atoms with van der Waals surface area (Å²) in [6.07, 6.45) is 5.52. The second-order valence-electron chi connectivity index (χ2n) is 11.6. The minimum atomic E-state index is -0.329. The van der Waals surface area contributed by atoms with Crippen molar-refractivity contribution in [1.82, 2.24) is 9.80 Å². The van der Waals surface area contributed by atoms with Crippen molar-refractivity contribution in [3.63, 3.8) is 0 Å². The first-order valence-corrected chi connectivity index (χ1v) is 14.7. The van der Waals surface area contributed by atoms with Gasteiger partial charge in [0.25, 0.3) is 0 Å². The van der Waals surface area contributed by atoms with E-state index >= 15 is 0 Å². The van der Waals surface area contributed by atoms with E-state index < -0.39 is 0 Å². The highest BCUT2D eigenvalue weighted by atomic mass is 35.5. The van der Waals surface area contributed by atoms with Gasteiger partial charge in [-0.1, -0.05) is 41.4 Å². The maximum Gasteiger partial charge on any atom is 0.308 e. The molecule has 8 heteroatoms. The van der Waals surface area contributed by atoms with Crippen molar-refractivity contribution in [2.75, 3.05) is 33.8 Å². The van der Waals surface area contributed by atoms with E-state index in [-0.39, 0.29) is 41.8 Å². The summed E-state index contributed by atoms with van der Waals surface area (Å²) in [5.74, 6) is 1.38. The monoisotopic (exact) mass is 572 g/mol. The molecule has 6 nitrogen and oxygen atoms in total. The van der Waals surface area contributed by atoms with Crippen LogP contribution in [0.2, 0.25) is 10.0 Å². The second kappa shape index (κ2) is 11.8. The third-order valence-electron chi connectivity index (χ3n) is 9.06. The topological polar surface area (TPSA) is 59.1 Å². The van der Waals surface area contributed by atoms with Crippen LogP contribution in [0.3, 0.4) is 0 Å². The van der Waals surface area contributed by atoms with E-state index in [9.17, 15) is 9.59 Å². The van der Waals surface area contributed by atoms with E-state index in [1.165, 1.54) is 19.8 Å². The number of carbonyl (C=O) groups is 2. The molecule has 1 amide bonds. The molecule has 2 saturated carbocycles. The van der Waals surface area contributed by atoms with Crippen molar-refractivity contribution in [1.29, 1.82) is 0 Å². The molecule has 2 aliphatic carbocycles. The van der Waals surface area contributed by atoms with Crippen molar-refractivity contribution in [2.45, 2.75) is 63.0 Å². The lowest BCUT2D eigenvalue weighted by atomic mass is 9.56. The number of piperidine rings is 1. The van der Waals surface area contributed by atoms with Gasteiger partial charge in [0.15, 0.2) is 0 Å². The fourth-order valence-corrected chi connectivity index (χ4v) is 7.12. The van der Waals surface area contributed by atoms with Crippen LogP contribution in [0, 0.1) is 11.8 Å². The minimum Gasteiger partial charge on any atom is -0.427 e. The molecule has 1 heterocycles. The Labute approximate surface area is 241 Å². The maximum atomic E-state index is 13.5. The number of methoxy groups -OCH3 is 1. The first kappa shape index (κ1) is 28.4. The summed E-state index contributed by atoms with van der Waals surface area (Å²) in [5.41, 5.74) is 1.81. The number of amides is 1. The van der Waals surface area contributed by atoms with Gasteiger partial charge in [0, 0.05) is 51.5 Å². The highest BCUT2D eigenvalue weighted by Gasteiger charge is 2.53. The van der Waals surface area contributed by atoms with Gasteiger partial charge in [0.2, 0.25) is 5.91 Å². The first-order chi connectivity index (χ1) is 18.7. The fourth-order valence-electron chi connectivity index (χ4n) is 6.80. The van der Waals surface area contributed by atoms with E-state index in [4.69, 9.17) is 32.7 Å². The van der Waals surface area contributed by atoms with Crippen LogP contribution in [0.5, 0.6) is 5.75 Å². The number of carbonyl (C=O) groups excluding carboxylic acids is 2. The van der Waals surface area contributed by atoms with Gasteiger partial charge in [-0.3, -0.25) is 9.59 Å². The SMILES string of the molecule is COC1C[C@@H](N(C)C(=O)Cc2ccc(Cl)c(Cl)c2)C[C@]2(c3cccc(OC(C)=O)c3)CCN(CC3CC3)C[C@@H]12. The quantitative estimate of drug-likeness (QED) is 0.297. The number of halogens is 2. The highest BCUT2D eigenvalue weighted by molar-refractivity contribution is 6.42. The normalized spacial score (nSPS) is 27.1. The molecule has 2 aromatic carbocycles. The Morgan fingerprint density at radius 2 is 1.92 bits per heavy atom. The van der Waals surface area contributed by atoms with Gasteiger partial charge in [-0.05, 0) is 80.0 Å². The molecule has 0 N–H and O–H groups in total. The number of hydrogen-bond donors (Lipinski definition) is 0. The summed E-state index contributed by atoms with van der Waals surface area (Å²) in [5, 5.41) is 0.933. The van der Waals surface area contributed by atoms with Crippen LogP contribution in [0.15, 0.2) is 42.5 Å². The zero-order chi connectivity index (χ0) is 27.7. The second-order valence-corrected chi connectivity index (χ2v) is 12.4. The number of esters is 1. The van der Waals surface area contributed by atoms with Crippen LogP contribution in [0.4, 0.5) is 0 Å². The number of rotatable bonds is 8. The third kappa shape index (κ3) is 6.30. The van der Waals surface area contributed by atoms with Gasteiger partial charge in [-0.2, -0.15) is 0 Å². The molecule has 39 heavy (non-hydrogen) atoms. The van der Waals surface area contributed by atoms with Gasteiger partial charge >= 0.3 is 5.97 Å². The van der Waals surface area contributed by atoms with Gasteiger partial charge in [-0.25, -0.2) is 0 Å². The summed E-state index contributed by atoms with van der Waals surface area (Å²) in [6, 6.07) is 13.4. The van der Waals surface area contributed by atoms with Crippen LogP contribution < -0.4 is 4.74 Å². The highest BCUT2D eigenvalue weighted by Crippen LogP contribution is 2.51. The Hall–Kier alpha value is -2.12. The third-order valence-corrected chi connectivity index (χ3v) is 9.80. The van der Waals surface area contributed by atoms with Crippen LogP contribution in [0.25, 0.3) is 0 Å². The Morgan fingerprint density at radius 1 is 1.13 bits per heavy atom. The van der Waals surface area contributed by atoms with Crippen molar-refractivity contribution >= 4 is 35.1 Å². The smallest absolute Gasteiger partial charge is 0.308 e. The molecule has 3 fully saturated rings. The van der Waals surface area contributed by atoms with Crippen LogP contribution in [0.1, 0.15) is 50.2 Å². The number of nitrogens with zero attached hydrogens (tertiary/aromatic N) is 2. The van der Waals surface area contributed by atoms with Crippen molar-refractivity contribution in [2.24, 2.45) is 11.8 Å². The summed E-state index contributed by atoms with van der Waals surface area (Å²) >= 11 is 12.3. The van der Waals surface area contributed by atoms with Crippen molar-refractivity contribution in [3.8, 4) is 5.75 Å². The molecule has 1 saturated heterocycles. The molecule has 5 rings (SSSR count). The van der Waals surface area contributed by atoms with Gasteiger partial charge in [0.1, 0.15) is 5.75 Å². The largest absolute Gasteiger partial charge is 0.427 e. The molecular formula is C31H38Cl2N2O4. The predicted molar refractivity (Wildman–Crippen MR) is 153 cm³/mol. The Balaban J connectivity index is 1.44. The number of ether oxygens (including phenoxy) is 2. The van der Waals surface area contributed by atoms with E-state index in [1.807, 2.05) is 36.2 Å². The number of fused-ring (bicyclic) bond motifs is 1. The Kier molecular flexibility index (Phi) is 8.58.